The summed E-state index contributed by atoms with van der Waals surface area (Å²) in [5.74, 6) is 1.17. The van der Waals surface area contributed by atoms with E-state index in [4.69, 9.17) is 14.7 Å². The molecular weight excluding hydrogens is 356 g/mol. The molecular formula is C21H24N4O3. The topological polar surface area (TPSA) is 97.1 Å². The maximum atomic E-state index is 12.2. The molecule has 1 heterocycles. The van der Waals surface area contributed by atoms with Crippen molar-refractivity contribution in [3.8, 4) is 17.7 Å². The van der Waals surface area contributed by atoms with Gasteiger partial charge in [-0.1, -0.05) is 12.1 Å². The highest BCUT2D eigenvalue weighted by atomic mass is 16.5. The monoisotopic (exact) mass is 380 g/mol. The number of nitrogens with zero attached hydrogens (tertiary/aromatic N) is 3. The number of amides is 1. The van der Waals surface area contributed by atoms with Gasteiger partial charge in [-0.25, -0.2) is 9.97 Å². The van der Waals surface area contributed by atoms with Crippen molar-refractivity contribution in [3.05, 3.63) is 47.9 Å². The maximum absolute atomic E-state index is 12.2. The summed E-state index contributed by atoms with van der Waals surface area (Å²) < 4.78 is 11.0. The number of benzene rings is 1. The largest absolute Gasteiger partial charge is 0.497 e. The average molecular weight is 380 g/mol. The second-order valence-corrected chi connectivity index (χ2v) is 6.83. The number of carbonyl (C=O) groups excluding carboxylic acids is 1. The number of hydrogen-bond donors (Lipinski definition) is 1. The third-order valence-corrected chi connectivity index (χ3v) is 4.89. The van der Waals surface area contributed by atoms with Gasteiger partial charge in [0.15, 0.2) is 0 Å². The lowest BCUT2D eigenvalue weighted by Crippen LogP contribution is -2.39. The lowest BCUT2D eigenvalue weighted by molar-refractivity contribution is -0.122. The summed E-state index contributed by atoms with van der Waals surface area (Å²) in [6.07, 6.45) is 7.48. The van der Waals surface area contributed by atoms with Crippen molar-refractivity contribution < 1.29 is 14.3 Å². The van der Waals surface area contributed by atoms with Crippen LogP contribution in [-0.4, -0.2) is 35.1 Å². The van der Waals surface area contributed by atoms with E-state index in [0.717, 1.165) is 37.0 Å². The van der Waals surface area contributed by atoms with Crippen LogP contribution in [0.15, 0.2) is 36.7 Å². The molecule has 1 aliphatic rings. The van der Waals surface area contributed by atoms with Crippen molar-refractivity contribution in [2.75, 3.05) is 7.11 Å². The van der Waals surface area contributed by atoms with E-state index in [1.807, 2.05) is 30.3 Å². The molecule has 1 amide bonds. The Morgan fingerprint density at radius 3 is 2.57 bits per heavy atom. The highest BCUT2D eigenvalue weighted by Crippen LogP contribution is 2.24. The summed E-state index contributed by atoms with van der Waals surface area (Å²) in [6.45, 7) is 0. The molecule has 1 fully saturated rings. The van der Waals surface area contributed by atoms with Gasteiger partial charge in [0.05, 0.1) is 7.11 Å². The van der Waals surface area contributed by atoms with Gasteiger partial charge < -0.3 is 14.8 Å². The molecule has 0 aliphatic heterocycles. The van der Waals surface area contributed by atoms with Crippen LogP contribution in [0.3, 0.4) is 0 Å². The number of hydrogen-bond acceptors (Lipinski definition) is 6. The molecule has 1 N–H and O–H groups in total. The lowest BCUT2D eigenvalue weighted by atomic mass is 9.92. The first-order chi connectivity index (χ1) is 13.7. The van der Waals surface area contributed by atoms with Gasteiger partial charge in [-0.05, 0) is 49.8 Å². The molecule has 0 atom stereocenters. The molecule has 28 heavy (non-hydrogen) atoms. The van der Waals surface area contributed by atoms with Crippen molar-refractivity contribution >= 4 is 5.91 Å². The molecule has 0 saturated heterocycles. The molecule has 3 rings (SSSR count). The summed E-state index contributed by atoms with van der Waals surface area (Å²) in [5.41, 5.74) is 1.32. The first-order valence-electron chi connectivity index (χ1n) is 9.48. The van der Waals surface area contributed by atoms with Crippen LogP contribution in [0.1, 0.15) is 43.4 Å². The predicted molar refractivity (Wildman–Crippen MR) is 103 cm³/mol. The zero-order valence-corrected chi connectivity index (χ0v) is 15.9. The van der Waals surface area contributed by atoms with E-state index < -0.39 is 0 Å². The Kier molecular flexibility index (Phi) is 6.79. The fourth-order valence-corrected chi connectivity index (χ4v) is 3.32. The van der Waals surface area contributed by atoms with Gasteiger partial charge in [0.1, 0.15) is 17.9 Å². The summed E-state index contributed by atoms with van der Waals surface area (Å²) >= 11 is 0. The third-order valence-electron chi connectivity index (χ3n) is 4.89. The number of aromatic nitrogens is 2. The number of nitriles is 1. The molecule has 1 saturated carbocycles. The van der Waals surface area contributed by atoms with E-state index in [1.54, 1.807) is 7.11 Å². The van der Waals surface area contributed by atoms with E-state index in [9.17, 15) is 4.79 Å². The van der Waals surface area contributed by atoms with E-state index >= 15 is 0 Å². The Labute approximate surface area is 164 Å². The number of ether oxygens (including phenoxy) is 2. The van der Waals surface area contributed by atoms with Gasteiger partial charge in [0, 0.05) is 24.9 Å². The minimum atomic E-state index is -0.00347. The first-order valence-corrected chi connectivity index (χ1v) is 9.48. The molecule has 2 aromatic rings. The van der Waals surface area contributed by atoms with Gasteiger partial charge in [-0.2, -0.15) is 5.26 Å². The van der Waals surface area contributed by atoms with Crippen LogP contribution in [0.2, 0.25) is 0 Å². The summed E-state index contributed by atoms with van der Waals surface area (Å²) in [5, 5.41) is 12.2. The van der Waals surface area contributed by atoms with Crippen LogP contribution in [0, 0.1) is 11.3 Å². The summed E-state index contributed by atoms with van der Waals surface area (Å²) in [4.78, 5) is 20.3. The molecule has 1 aromatic carbocycles. The molecule has 146 valence electrons. The Hall–Kier alpha value is -3.14. The molecule has 0 radical (unpaired) electrons. The minimum absolute atomic E-state index is 0.00347. The van der Waals surface area contributed by atoms with Gasteiger partial charge >= 0.3 is 0 Å². The van der Waals surface area contributed by atoms with E-state index in [0.29, 0.717) is 12.8 Å². The Morgan fingerprint density at radius 2 is 1.89 bits per heavy atom. The highest BCUT2D eigenvalue weighted by Gasteiger charge is 2.24. The lowest BCUT2D eigenvalue weighted by Gasteiger charge is -2.29. The fraction of sp³-hybridized carbons (Fsp3) is 0.429. The number of carbonyl (C=O) groups is 1. The van der Waals surface area contributed by atoms with Gasteiger partial charge in [-0.15, -0.1) is 0 Å². The van der Waals surface area contributed by atoms with E-state index in [2.05, 4.69) is 15.3 Å². The second kappa shape index (κ2) is 9.70. The Balaban J connectivity index is 1.40. The van der Waals surface area contributed by atoms with Gasteiger partial charge in [-0.3, -0.25) is 4.79 Å². The van der Waals surface area contributed by atoms with Crippen molar-refractivity contribution in [1.29, 1.82) is 5.26 Å². The summed E-state index contributed by atoms with van der Waals surface area (Å²) in [7, 11) is 1.64. The average Bonchev–Trinajstić information content (AvgIpc) is 2.74. The molecule has 7 nitrogen and oxygen atoms in total. The van der Waals surface area contributed by atoms with Crippen LogP contribution in [0.4, 0.5) is 0 Å². The zero-order valence-electron chi connectivity index (χ0n) is 15.9. The van der Waals surface area contributed by atoms with Crippen LogP contribution in [-0.2, 0) is 11.2 Å². The van der Waals surface area contributed by atoms with E-state index in [1.165, 1.54) is 12.4 Å². The van der Waals surface area contributed by atoms with Crippen LogP contribution in [0.25, 0.3) is 0 Å². The molecule has 0 spiro atoms. The van der Waals surface area contributed by atoms with Crippen molar-refractivity contribution in [2.24, 2.45) is 0 Å². The molecule has 1 aliphatic carbocycles. The summed E-state index contributed by atoms with van der Waals surface area (Å²) in [6, 6.07) is 9.94. The maximum Gasteiger partial charge on any atom is 0.251 e. The van der Waals surface area contributed by atoms with Gasteiger partial charge in [0.25, 0.3) is 5.88 Å². The first kappa shape index (κ1) is 19.6. The van der Waals surface area contributed by atoms with Crippen molar-refractivity contribution in [3.63, 3.8) is 0 Å². The highest BCUT2D eigenvalue weighted by molar-refractivity contribution is 5.76. The van der Waals surface area contributed by atoms with Crippen LogP contribution in [0.5, 0.6) is 11.6 Å². The van der Waals surface area contributed by atoms with Gasteiger partial charge in [0.2, 0.25) is 11.6 Å². The number of methoxy groups -OCH3 is 1. The smallest absolute Gasteiger partial charge is 0.251 e. The normalized spacial score (nSPS) is 18.7. The predicted octanol–water partition coefficient (Wildman–Crippen LogP) is 2.80. The van der Waals surface area contributed by atoms with E-state index in [-0.39, 0.29) is 29.6 Å². The number of aryl methyl sites for hydroxylation is 1. The van der Waals surface area contributed by atoms with Crippen LogP contribution >= 0.6 is 0 Å². The van der Waals surface area contributed by atoms with Crippen LogP contribution < -0.4 is 14.8 Å². The quantitative estimate of drug-likeness (QED) is 0.793. The third kappa shape index (κ3) is 5.43. The number of rotatable bonds is 7. The SMILES string of the molecule is COc1ccc(CCC(=O)NC2CCC(Oc3nccnc3C#N)CC2)cc1. The van der Waals surface area contributed by atoms with Crippen molar-refractivity contribution in [1.82, 2.24) is 15.3 Å². The standard InChI is InChI=1S/C21H24N4O3/c1-27-17-7-2-15(3-8-17)4-11-20(26)25-16-5-9-18(10-6-16)28-21-19(14-22)23-12-13-24-21/h2-3,7-8,12-13,16,18H,4-6,9-11H2,1H3,(H,25,26). The molecule has 0 bridgehead atoms. The minimum Gasteiger partial charge on any atom is -0.497 e. The Morgan fingerprint density at radius 1 is 1.18 bits per heavy atom. The molecule has 7 heteroatoms. The molecule has 1 aromatic heterocycles. The number of nitrogens with one attached hydrogen (secondary N) is 1. The van der Waals surface area contributed by atoms with Crippen molar-refractivity contribution in [2.45, 2.75) is 50.7 Å². The zero-order chi connectivity index (χ0) is 19.8. The Bertz CT molecular complexity index is 824. The molecule has 0 unspecified atom stereocenters. The fourth-order valence-electron chi connectivity index (χ4n) is 3.32. The second-order valence-electron chi connectivity index (χ2n) is 6.83.